The van der Waals surface area contributed by atoms with Crippen LogP contribution in [0.3, 0.4) is 0 Å². The van der Waals surface area contributed by atoms with E-state index in [2.05, 4.69) is 42.5 Å². The van der Waals surface area contributed by atoms with Gasteiger partial charge in [0.05, 0.1) is 19.5 Å². The van der Waals surface area contributed by atoms with E-state index in [4.69, 9.17) is 10.5 Å². The Labute approximate surface area is 457 Å². The normalized spacial score (nSPS) is 24.0. The van der Waals surface area contributed by atoms with Gasteiger partial charge in [-0.05, 0) is 66.7 Å². The number of nitrogens with one attached hydrogen (secondary N) is 8. The van der Waals surface area contributed by atoms with Crippen LogP contribution in [0.15, 0.2) is 66.7 Å². The first-order chi connectivity index (χ1) is 36.8. The van der Waals surface area contributed by atoms with Crippen LogP contribution in [-0.4, -0.2) is 138 Å². The van der Waals surface area contributed by atoms with Gasteiger partial charge in [0.15, 0.2) is 0 Å². The Morgan fingerprint density at radius 1 is 0.692 bits per heavy atom. The summed E-state index contributed by atoms with van der Waals surface area (Å²) in [6, 6.07) is 5.75. The molecule has 22 heteroatoms. The Morgan fingerprint density at radius 3 is 1.83 bits per heavy atom. The van der Waals surface area contributed by atoms with Crippen LogP contribution in [0.4, 0.5) is 0 Å². The van der Waals surface area contributed by atoms with Gasteiger partial charge in [0.1, 0.15) is 48.4 Å². The average Bonchev–Trinajstić information content (AvgIpc) is 3.38. The fraction of sp³-hybridized carbons (Fsp3) is 0.518. The van der Waals surface area contributed by atoms with Gasteiger partial charge in [-0.25, -0.2) is 4.79 Å². The van der Waals surface area contributed by atoms with Crippen molar-refractivity contribution in [2.45, 2.75) is 143 Å². The molecule has 0 spiro atoms. The first-order valence-corrected chi connectivity index (χ1v) is 26.3. The van der Waals surface area contributed by atoms with Crippen molar-refractivity contribution in [2.24, 2.45) is 29.4 Å². The minimum Gasteiger partial charge on any atom is -0.458 e. The first kappa shape index (κ1) is 64.4. The number of amides is 10. The summed E-state index contributed by atoms with van der Waals surface area (Å²) >= 11 is 0. The van der Waals surface area contributed by atoms with Gasteiger partial charge in [-0.15, -0.1) is 0 Å². The maximum Gasteiger partial charge on any atom is 0.328 e. The number of allylic oxidation sites excluding steroid dienone is 1. The second-order valence-electron chi connectivity index (χ2n) is 20.6. The van der Waals surface area contributed by atoms with E-state index in [1.54, 1.807) is 97.9 Å². The highest BCUT2D eigenvalue weighted by atomic mass is 16.5. The largest absolute Gasteiger partial charge is 0.458 e. The fourth-order valence-electron chi connectivity index (χ4n) is 8.32. The van der Waals surface area contributed by atoms with Gasteiger partial charge in [0, 0.05) is 19.5 Å². The van der Waals surface area contributed by atoms with Crippen LogP contribution in [0.25, 0.3) is 12.2 Å². The fourth-order valence-corrected chi connectivity index (χ4v) is 8.32. The summed E-state index contributed by atoms with van der Waals surface area (Å²) in [6.07, 6.45) is 4.19. The Hall–Kier alpha value is -7.91. The third kappa shape index (κ3) is 20.2. The predicted octanol–water partition coefficient (Wildman–Crippen LogP) is 1.17. The second kappa shape index (κ2) is 31.3. The molecule has 10 amide bonds. The molecule has 9 unspecified atom stereocenters. The summed E-state index contributed by atoms with van der Waals surface area (Å²) in [5.41, 5.74) is 7.68. The Kier molecular flexibility index (Phi) is 25.9. The van der Waals surface area contributed by atoms with E-state index >= 15 is 0 Å². The summed E-state index contributed by atoms with van der Waals surface area (Å²) < 4.78 is 5.84. The number of carbonyl (C=O) groups is 11. The highest BCUT2D eigenvalue weighted by Gasteiger charge is 2.40. The first-order valence-electron chi connectivity index (χ1n) is 26.3. The summed E-state index contributed by atoms with van der Waals surface area (Å²) in [7, 11) is 1.35. The maximum atomic E-state index is 14.8. The molecule has 0 aromatic heterocycles. The van der Waals surface area contributed by atoms with Gasteiger partial charge in [0.25, 0.3) is 0 Å². The molecule has 0 saturated carbocycles. The number of cyclic esters (lactones) is 1. The smallest absolute Gasteiger partial charge is 0.328 e. The Balaban J connectivity index is 2.22. The van der Waals surface area contributed by atoms with Gasteiger partial charge < -0.3 is 57.9 Å². The number of benzene rings is 2. The standard InChI is InChI=1S/C56H80N10O12/c1-12-19-37-22-17-18-23-38(37)24-25-43(68)62-49-35(10)78-56(77)40(26-31(3)4)61-53(74)47(33(7)8)63-45(70)30-58-44(69)29-59-52(73)46(32(5)6)64-51(72)41(27-36-20-15-14-16-21-36)66(11)55(76)48(34(9)13-2)65-50(71)39(28-42(57)67)60-54(49)75/h12,14-25,31-35,39-41,46-49H,13,26-30H2,1-11H3,(H2,57,67)(H,58,69)(H,59,73)(H,60,75)(H,61,74)(H,62,68)(H,63,70)(H,64,72)(H,65,71). The molecule has 1 aliphatic heterocycles. The van der Waals surface area contributed by atoms with Crippen molar-refractivity contribution < 1.29 is 57.5 Å². The molecule has 0 radical (unpaired) electrons. The highest BCUT2D eigenvalue weighted by molar-refractivity contribution is 6.00. The van der Waals surface area contributed by atoms with Crippen molar-refractivity contribution in [3.63, 3.8) is 0 Å². The Bertz CT molecular complexity index is 2510. The van der Waals surface area contributed by atoms with Crippen molar-refractivity contribution in [3.05, 3.63) is 83.4 Å². The van der Waals surface area contributed by atoms with Gasteiger partial charge in [-0.2, -0.15) is 0 Å². The van der Waals surface area contributed by atoms with E-state index < -0.39 is 151 Å². The lowest BCUT2D eigenvalue weighted by molar-refractivity contribution is -0.156. The van der Waals surface area contributed by atoms with E-state index in [-0.39, 0.29) is 18.8 Å². The maximum absolute atomic E-state index is 14.8. The molecule has 9 atom stereocenters. The molecule has 0 aliphatic carbocycles. The molecule has 1 aliphatic rings. The number of nitrogens with two attached hydrogens (primary N) is 1. The van der Waals surface area contributed by atoms with Crippen molar-refractivity contribution in [2.75, 3.05) is 20.1 Å². The van der Waals surface area contributed by atoms with Crippen molar-refractivity contribution >= 4 is 77.2 Å². The molecule has 2 aromatic carbocycles. The van der Waals surface area contributed by atoms with E-state index in [1.165, 1.54) is 20.0 Å². The number of hydrogen-bond acceptors (Lipinski definition) is 12. The summed E-state index contributed by atoms with van der Waals surface area (Å²) in [4.78, 5) is 154. The monoisotopic (exact) mass is 1080 g/mol. The summed E-state index contributed by atoms with van der Waals surface area (Å²) in [5, 5.41) is 20.5. The van der Waals surface area contributed by atoms with E-state index in [0.29, 0.717) is 17.5 Å². The molecule has 0 bridgehead atoms. The molecule has 78 heavy (non-hydrogen) atoms. The van der Waals surface area contributed by atoms with E-state index in [0.717, 1.165) is 16.5 Å². The van der Waals surface area contributed by atoms with Crippen molar-refractivity contribution in [1.82, 2.24) is 47.4 Å². The van der Waals surface area contributed by atoms with Crippen LogP contribution in [0.2, 0.25) is 0 Å². The molecule has 2 aromatic rings. The number of rotatable bonds is 14. The summed E-state index contributed by atoms with van der Waals surface area (Å²) in [5.74, 6) is -11.7. The molecule has 1 saturated heterocycles. The van der Waals surface area contributed by atoms with Gasteiger partial charge in [-0.3, -0.25) is 47.9 Å². The van der Waals surface area contributed by atoms with Crippen LogP contribution >= 0.6 is 0 Å². The van der Waals surface area contributed by atoms with Crippen molar-refractivity contribution in [3.8, 4) is 0 Å². The van der Waals surface area contributed by atoms with Gasteiger partial charge >= 0.3 is 5.97 Å². The minimum atomic E-state index is -1.79. The van der Waals surface area contributed by atoms with Crippen LogP contribution in [0, 0.1) is 23.7 Å². The SMILES string of the molecule is CC=Cc1ccccc1C=CC(=O)NC1C(=O)NC(CC(N)=O)C(=O)NC(C(C)CC)C(=O)N(C)C(Cc2ccccc2)C(=O)NC(C(C)C)C(=O)NCC(=O)NCC(=O)NC(C(C)C)C(=O)NC(CC(C)C)C(=O)OC1C. The van der Waals surface area contributed by atoms with Crippen LogP contribution < -0.4 is 48.3 Å². The van der Waals surface area contributed by atoms with Crippen LogP contribution in [0.1, 0.15) is 105 Å². The molecule has 22 nitrogen and oxygen atoms in total. The number of ether oxygens (including phenoxy) is 1. The molecule has 1 heterocycles. The average molecular weight is 1090 g/mol. The predicted molar refractivity (Wildman–Crippen MR) is 292 cm³/mol. The number of likely N-dealkylation sites (N-methyl/N-ethyl adjacent to an activating group) is 1. The molecule has 10 N–H and O–H groups in total. The molecular weight excluding hydrogens is 1000 g/mol. The van der Waals surface area contributed by atoms with E-state index in [1.807, 2.05) is 31.2 Å². The zero-order valence-electron chi connectivity index (χ0n) is 46.6. The second-order valence-corrected chi connectivity index (χ2v) is 20.6. The number of primary amides is 1. The number of esters is 1. The molecule has 1 fully saturated rings. The Morgan fingerprint density at radius 2 is 1.26 bits per heavy atom. The third-order valence-electron chi connectivity index (χ3n) is 13.0. The zero-order chi connectivity index (χ0) is 58.4. The van der Waals surface area contributed by atoms with Crippen LogP contribution in [-0.2, 0) is 63.9 Å². The zero-order valence-corrected chi connectivity index (χ0v) is 46.6. The topological polar surface area (TPSA) is 322 Å². The third-order valence-corrected chi connectivity index (χ3v) is 13.0. The number of carbonyl (C=O) groups excluding carboxylic acids is 11. The lowest BCUT2D eigenvalue weighted by atomic mass is 9.95. The molecule has 426 valence electrons. The van der Waals surface area contributed by atoms with Crippen molar-refractivity contribution in [1.29, 1.82) is 0 Å². The number of hydrogen-bond donors (Lipinski definition) is 9. The van der Waals surface area contributed by atoms with Crippen LogP contribution in [0.5, 0.6) is 0 Å². The lowest BCUT2D eigenvalue weighted by Crippen LogP contribution is -2.62. The molecular formula is C56H80N10O12. The number of nitrogens with zero attached hydrogens (tertiary/aromatic N) is 1. The summed E-state index contributed by atoms with van der Waals surface area (Å²) in [6.45, 7) is 15.4. The van der Waals surface area contributed by atoms with E-state index in [9.17, 15) is 52.7 Å². The molecule has 3 rings (SSSR count). The van der Waals surface area contributed by atoms with Gasteiger partial charge in [0.2, 0.25) is 59.1 Å². The lowest BCUT2D eigenvalue weighted by Gasteiger charge is -2.35. The highest BCUT2D eigenvalue weighted by Crippen LogP contribution is 2.18. The van der Waals surface area contributed by atoms with Gasteiger partial charge in [-0.1, -0.05) is 129 Å². The minimum absolute atomic E-state index is 0.00979. The quantitative estimate of drug-likeness (QED) is 0.0952.